The standard InChI is InChI=1S/C26H33N3O4S2/c1-33-20-5-7-23-22(16-20)21(8-10-27-23)24(28-32)6-4-18-9-11-29(17-19(18)15-25(30)31)12-14-35-26-3-2-13-34-26/h2-3,5,7-8,10,13,16,18-19,24,28,32H,4,6,9,11-12,14-15,17H2,1H3,(H,30,31)/t18-,19+,24?/m1/s1. The predicted octanol–water partition coefficient (Wildman–Crippen LogP) is 5.31. The first-order valence-electron chi connectivity index (χ1n) is 12.0. The summed E-state index contributed by atoms with van der Waals surface area (Å²) in [5.74, 6) is 1.45. The van der Waals surface area contributed by atoms with Gasteiger partial charge in [0.05, 0.1) is 22.9 Å². The molecule has 0 amide bonds. The molecule has 0 radical (unpaired) electrons. The zero-order valence-corrected chi connectivity index (χ0v) is 21.6. The van der Waals surface area contributed by atoms with E-state index in [0.29, 0.717) is 12.3 Å². The van der Waals surface area contributed by atoms with Gasteiger partial charge < -0.3 is 20.0 Å². The third-order valence-corrected chi connectivity index (χ3v) is 9.01. The number of ether oxygens (including phenoxy) is 1. The summed E-state index contributed by atoms with van der Waals surface area (Å²) < 4.78 is 6.71. The number of aliphatic carboxylic acids is 1. The number of carbonyl (C=O) groups is 1. The number of methoxy groups -OCH3 is 1. The maximum absolute atomic E-state index is 11.6. The van der Waals surface area contributed by atoms with Gasteiger partial charge in [0.1, 0.15) is 5.75 Å². The second-order valence-corrected chi connectivity index (χ2v) is 11.4. The fourth-order valence-corrected chi connectivity index (χ4v) is 6.93. The number of thiophene rings is 1. The highest BCUT2D eigenvalue weighted by Gasteiger charge is 2.31. The molecular formula is C26H33N3O4S2. The molecule has 0 aliphatic carbocycles. The van der Waals surface area contributed by atoms with E-state index in [2.05, 4.69) is 32.9 Å². The molecule has 1 aliphatic heterocycles. The van der Waals surface area contributed by atoms with Gasteiger partial charge in [0, 0.05) is 36.8 Å². The monoisotopic (exact) mass is 515 g/mol. The molecule has 1 saturated heterocycles. The lowest BCUT2D eigenvalue weighted by Crippen LogP contribution is -2.42. The normalized spacial score (nSPS) is 19.6. The summed E-state index contributed by atoms with van der Waals surface area (Å²) in [6.07, 6.45) is 4.48. The first kappa shape index (κ1) is 25.9. The zero-order valence-electron chi connectivity index (χ0n) is 19.9. The van der Waals surface area contributed by atoms with Gasteiger partial charge in [0.15, 0.2) is 0 Å². The van der Waals surface area contributed by atoms with Crippen molar-refractivity contribution in [3.05, 3.63) is 53.5 Å². The van der Waals surface area contributed by atoms with Crippen LogP contribution in [0.4, 0.5) is 0 Å². The maximum atomic E-state index is 11.6. The SMILES string of the molecule is COc1ccc2nccc(C(CC[C@@H]3CCN(CCSc4cccs4)C[C@@H]3CC(=O)O)NO)c2c1. The van der Waals surface area contributed by atoms with Gasteiger partial charge in [-0.2, -0.15) is 5.48 Å². The Morgan fingerprint density at radius 1 is 1.34 bits per heavy atom. The van der Waals surface area contributed by atoms with Crippen LogP contribution in [0.3, 0.4) is 0 Å². The van der Waals surface area contributed by atoms with Crippen LogP contribution in [-0.2, 0) is 4.79 Å². The van der Waals surface area contributed by atoms with Gasteiger partial charge in [0.2, 0.25) is 0 Å². The van der Waals surface area contributed by atoms with Crippen molar-refractivity contribution in [2.24, 2.45) is 11.8 Å². The van der Waals surface area contributed by atoms with Gasteiger partial charge >= 0.3 is 5.97 Å². The van der Waals surface area contributed by atoms with Crippen LogP contribution in [0, 0.1) is 11.8 Å². The lowest BCUT2D eigenvalue weighted by atomic mass is 9.79. The van der Waals surface area contributed by atoms with Gasteiger partial charge in [-0.3, -0.25) is 9.78 Å². The Balaban J connectivity index is 1.39. The van der Waals surface area contributed by atoms with Crippen LogP contribution in [0.25, 0.3) is 10.9 Å². The number of benzene rings is 1. The minimum absolute atomic E-state index is 0.113. The topological polar surface area (TPSA) is 94.9 Å². The van der Waals surface area contributed by atoms with E-state index in [-0.39, 0.29) is 18.4 Å². The van der Waals surface area contributed by atoms with E-state index in [1.807, 2.05) is 36.0 Å². The molecule has 3 N–H and O–H groups in total. The fourth-order valence-electron chi connectivity index (χ4n) is 5.06. The number of carboxylic acids is 1. The molecule has 3 heterocycles. The average molecular weight is 516 g/mol. The van der Waals surface area contributed by atoms with Crippen molar-refractivity contribution in [1.29, 1.82) is 0 Å². The van der Waals surface area contributed by atoms with Crippen LogP contribution < -0.4 is 10.2 Å². The molecule has 0 saturated carbocycles. The molecular weight excluding hydrogens is 482 g/mol. The lowest BCUT2D eigenvalue weighted by Gasteiger charge is -2.38. The van der Waals surface area contributed by atoms with Crippen molar-refractivity contribution in [3.8, 4) is 5.75 Å². The summed E-state index contributed by atoms with van der Waals surface area (Å²) in [6, 6.07) is 11.6. The van der Waals surface area contributed by atoms with Gasteiger partial charge in [0.25, 0.3) is 0 Å². The Morgan fingerprint density at radius 3 is 2.97 bits per heavy atom. The highest BCUT2D eigenvalue weighted by Crippen LogP contribution is 2.35. The van der Waals surface area contributed by atoms with E-state index in [1.54, 1.807) is 24.6 Å². The number of rotatable bonds is 12. The Bertz CT molecular complexity index is 1100. The third kappa shape index (κ3) is 6.95. The highest BCUT2D eigenvalue weighted by atomic mass is 32.2. The number of piperidine rings is 1. The van der Waals surface area contributed by atoms with Crippen LogP contribution in [0.1, 0.15) is 37.3 Å². The summed E-state index contributed by atoms with van der Waals surface area (Å²) in [6.45, 7) is 2.77. The Hall–Kier alpha value is -2.17. The van der Waals surface area contributed by atoms with Crippen molar-refractivity contribution >= 4 is 40.0 Å². The van der Waals surface area contributed by atoms with Gasteiger partial charge in [-0.1, -0.05) is 6.07 Å². The number of pyridine rings is 1. The Labute approximate surface area is 214 Å². The molecule has 0 spiro atoms. The van der Waals surface area contributed by atoms with Crippen molar-refractivity contribution in [2.45, 2.75) is 35.9 Å². The van der Waals surface area contributed by atoms with Crippen molar-refractivity contribution in [2.75, 3.05) is 32.5 Å². The molecule has 3 atom stereocenters. The number of aromatic nitrogens is 1. The van der Waals surface area contributed by atoms with E-state index < -0.39 is 5.97 Å². The predicted molar refractivity (Wildman–Crippen MR) is 141 cm³/mol. The minimum atomic E-state index is -0.737. The molecule has 1 aliphatic rings. The number of nitrogens with zero attached hydrogens (tertiary/aromatic N) is 2. The van der Waals surface area contributed by atoms with Crippen LogP contribution in [-0.4, -0.2) is 58.7 Å². The summed E-state index contributed by atoms with van der Waals surface area (Å²) >= 11 is 3.63. The third-order valence-electron chi connectivity index (χ3n) is 6.90. The molecule has 2 aromatic heterocycles. The lowest BCUT2D eigenvalue weighted by molar-refractivity contribution is -0.139. The van der Waals surface area contributed by atoms with Gasteiger partial charge in [-0.05, 0) is 78.9 Å². The van der Waals surface area contributed by atoms with Crippen LogP contribution >= 0.6 is 23.1 Å². The van der Waals surface area contributed by atoms with Gasteiger partial charge in [-0.25, -0.2) is 0 Å². The smallest absolute Gasteiger partial charge is 0.303 e. The average Bonchev–Trinajstić information content (AvgIpc) is 3.38. The van der Waals surface area contributed by atoms with E-state index >= 15 is 0 Å². The van der Waals surface area contributed by atoms with Crippen LogP contribution in [0.2, 0.25) is 0 Å². The Morgan fingerprint density at radius 2 is 2.23 bits per heavy atom. The Kier molecular flexibility index (Phi) is 9.39. The highest BCUT2D eigenvalue weighted by molar-refractivity contribution is 8.01. The number of fused-ring (bicyclic) bond motifs is 1. The van der Waals surface area contributed by atoms with Gasteiger partial charge in [-0.15, -0.1) is 23.1 Å². The summed E-state index contributed by atoms with van der Waals surface area (Å²) in [4.78, 5) is 18.5. The van der Waals surface area contributed by atoms with E-state index in [1.165, 1.54) is 4.21 Å². The number of likely N-dealkylation sites (tertiary alicyclic amines) is 1. The first-order chi connectivity index (χ1) is 17.1. The van der Waals surface area contributed by atoms with Crippen molar-refractivity contribution in [1.82, 2.24) is 15.4 Å². The van der Waals surface area contributed by atoms with E-state index in [0.717, 1.165) is 60.4 Å². The largest absolute Gasteiger partial charge is 0.497 e. The fraction of sp³-hybridized carbons (Fsp3) is 0.462. The van der Waals surface area contributed by atoms with Crippen molar-refractivity contribution < 1.29 is 19.8 Å². The number of thioether (sulfide) groups is 1. The maximum Gasteiger partial charge on any atom is 0.303 e. The molecule has 1 unspecified atom stereocenters. The number of hydroxylamine groups is 1. The summed E-state index contributed by atoms with van der Waals surface area (Å²) in [5.41, 5.74) is 4.31. The van der Waals surface area contributed by atoms with Crippen molar-refractivity contribution in [3.63, 3.8) is 0 Å². The molecule has 9 heteroatoms. The molecule has 1 fully saturated rings. The second kappa shape index (κ2) is 12.7. The summed E-state index contributed by atoms with van der Waals surface area (Å²) in [7, 11) is 1.63. The molecule has 1 aromatic carbocycles. The minimum Gasteiger partial charge on any atom is -0.497 e. The van der Waals surface area contributed by atoms with E-state index in [4.69, 9.17) is 4.74 Å². The van der Waals surface area contributed by atoms with Crippen LogP contribution in [0.5, 0.6) is 5.75 Å². The number of hydrogen-bond acceptors (Lipinski definition) is 8. The molecule has 0 bridgehead atoms. The van der Waals surface area contributed by atoms with Crippen LogP contribution in [0.15, 0.2) is 52.2 Å². The summed E-state index contributed by atoms with van der Waals surface area (Å²) in [5, 5.41) is 22.6. The first-order valence-corrected chi connectivity index (χ1v) is 13.9. The van der Waals surface area contributed by atoms with E-state index in [9.17, 15) is 15.1 Å². The molecule has 3 aromatic rings. The number of hydrogen-bond donors (Lipinski definition) is 3. The molecule has 4 rings (SSSR count). The number of nitrogens with one attached hydrogen (secondary N) is 1. The second-order valence-electron chi connectivity index (χ2n) is 9.03. The zero-order chi connectivity index (χ0) is 24.6. The quantitative estimate of drug-likeness (QED) is 0.221. The molecule has 188 valence electrons. The molecule has 7 nitrogen and oxygen atoms in total. The number of carboxylic acid groups (broad SMARTS) is 1. The molecule has 35 heavy (non-hydrogen) atoms.